The highest BCUT2D eigenvalue weighted by molar-refractivity contribution is 5.78. The van der Waals surface area contributed by atoms with E-state index in [-0.39, 0.29) is 24.3 Å². The maximum Gasteiger partial charge on any atom is 0.277 e. The van der Waals surface area contributed by atoms with E-state index in [1.807, 2.05) is 48.5 Å². The Hall–Kier alpha value is -4.24. The van der Waals surface area contributed by atoms with Crippen LogP contribution >= 0.6 is 0 Å². The highest BCUT2D eigenvalue weighted by Crippen LogP contribution is 2.39. The molecule has 1 saturated heterocycles. The first-order valence-corrected chi connectivity index (χ1v) is 13.9. The SMILES string of the molecule is COc1ccc(Cn2ncc(F)c(-c3ccc4c(c3)COc3nc(N5CCC(NC(C)(C)C)C5)ccc3-4)c2=O)cc1. The molecule has 1 atom stereocenters. The van der Waals surface area contributed by atoms with Crippen molar-refractivity contribution in [3.8, 4) is 33.9 Å². The number of rotatable bonds is 6. The van der Waals surface area contributed by atoms with Crippen molar-refractivity contribution in [1.82, 2.24) is 20.1 Å². The molecule has 2 aromatic heterocycles. The molecule has 2 aliphatic heterocycles. The van der Waals surface area contributed by atoms with Crippen LogP contribution in [-0.2, 0) is 13.2 Å². The molecule has 0 saturated carbocycles. The number of nitrogens with one attached hydrogen (secondary N) is 1. The number of ether oxygens (including phenoxy) is 2. The first-order chi connectivity index (χ1) is 19.7. The van der Waals surface area contributed by atoms with Crippen LogP contribution in [0.3, 0.4) is 0 Å². The van der Waals surface area contributed by atoms with Gasteiger partial charge in [-0.15, -0.1) is 0 Å². The summed E-state index contributed by atoms with van der Waals surface area (Å²) in [6.45, 7) is 8.90. The smallest absolute Gasteiger partial charge is 0.277 e. The monoisotopic (exact) mass is 555 g/mol. The maximum absolute atomic E-state index is 15.0. The number of fused-ring (bicyclic) bond motifs is 3. The van der Waals surface area contributed by atoms with Crippen LogP contribution in [0.25, 0.3) is 22.3 Å². The zero-order valence-corrected chi connectivity index (χ0v) is 23.8. The molecule has 212 valence electrons. The molecule has 0 amide bonds. The van der Waals surface area contributed by atoms with Gasteiger partial charge in [-0.3, -0.25) is 4.79 Å². The van der Waals surface area contributed by atoms with Gasteiger partial charge in [0.1, 0.15) is 18.2 Å². The molecule has 0 spiro atoms. The van der Waals surface area contributed by atoms with E-state index in [4.69, 9.17) is 14.5 Å². The van der Waals surface area contributed by atoms with Gasteiger partial charge in [-0.2, -0.15) is 10.1 Å². The van der Waals surface area contributed by atoms with Crippen molar-refractivity contribution in [2.24, 2.45) is 0 Å². The fraction of sp³-hybridized carbons (Fsp3) is 0.344. The minimum atomic E-state index is -0.658. The molecule has 2 aliphatic rings. The fourth-order valence-corrected chi connectivity index (χ4v) is 5.64. The summed E-state index contributed by atoms with van der Waals surface area (Å²) in [5, 5.41) is 7.72. The molecule has 0 radical (unpaired) electrons. The van der Waals surface area contributed by atoms with Crippen LogP contribution in [0, 0.1) is 5.82 Å². The lowest BCUT2D eigenvalue weighted by Crippen LogP contribution is -2.44. The fourth-order valence-electron chi connectivity index (χ4n) is 5.64. The molecule has 1 unspecified atom stereocenters. The Morgan fingerprint density at radius 3 is 2.63 bits per heavy atom. The van der Waals surface area contributed by atoms with Gasteiger partial charge >= 0.3 is 0 Å². The number of methoxy groups -OCH3 is 1. The van der Waals surface area contributed by atoms with E-state index in [2.05, 4.69) is 36.1 Å². The summed E-state index contributed by atoms with van der Waals surface area (Å²) in [5.74, 6) is 1.55. The van der Waals surface area contributed by atoms with Crippen LogP contribution in [0.5, 0.6) is 11.6 Å². The summed E-state index contributed by atoms with van der Waals surface area (Å²) in [6.07, 6.45) is 2.16. The first kappa shape index (κ1) is 27.0. The Morgan fingerprint density at radius 2 is 1.88 bits per heavy atom. The summed E-state index contributed by atoms with van der Waals surface area (Å²) >= 11 is 0. The highest BCUT2D eigenvalue weighted by Gasteiger charge is 2.28. The number of aromatic nitrogens is 3. The largest absolute Gasteiger partial charge is 0.497 e. The van der Waals surface area contributed by atoms with Gasteiger partial charge in [-0.05, 0) is 79.8 Å². The number of hydrogen-bond donors (Lipinski definition) is 1. The standard InChI is InChI=1S/C32H34FN5O3/c1-32(2,3)36-23-13-14-37(18-23)28-12-11-26-25-10-7-21(15-22(25)19-41-30(26)35-28)29-27(33)16-34-38(31(29)39)17-20-5-8-24(40-4)9-6-20/h5-12,15-16,23,36H,13-14,17-19H2,1-4H3. The molecule has 0 aliphatic carbocycles. The van der Waals surface area contributed by atoms with Gasteiger partial charge in [0.25, 0.3) is 5.56 Å². The second-order valence-electron chi connectivity index (χ2n) is 11.7. The van der Waals surface area contributed by atoms with Gasteiger partial charge in [-0.25, -0.2) is 9.07 Å². The van der Waals surface area contributed by atoms with Crippen molar-refractivity contribution in [2.75, 3.05) is 25.1 Å². The van der Waals surface area contributed by atoms with Crippen molar-refractivity contribution < 1.29 is 13.9 Å². The Morgan fingerprint density at radius 1 is 1.10 bits per heavy atom. The van der Waals surface area contributed by atoms with E-state index in [0.717, 1.165) is 59.5 Å². The number of pyridine rings is 1. The molecule has 4 aromatic rings. The Kier molecular flexibility index (Phi) is 6.99. The zero-order chi connectivity index (χ0) is 28.7. The predicted molar refractivity (Wildman–Crippen MR) is 157 cm³/mol. The van der Waals surface area contributed by atoms with Crippen molar-refractivity contribution in [3.63, 3.8) is 0 Å². The second kappa shape index (κ2) is 10.6. The van der Waals surface area contributed by atoms with Gasteiger partial charge in [0.05, 0.1) is 25.4 Å². The molecule has 4 heterocycles. The zero-order valence-electron chi connectivity index (χ0n) is 23.8. The molecule has 0 bridgehead atoms. The maximum atomic E-state index is 15.0. The summed E-state index contributed by atoms with van der Waals surface area (Å²) < 4.78 is 27.5. The average Bonchev–Trinajstić information content (AvgIpc) is 3.41. The van der Waals surface area contributed by atoms with Crippen LogP contribution in [0.1, 0.15) is 38.3 Å². The van der Waals surface area contributed by atoms with Crippen LogP contribution < -0.4 is 25.2 Å². The normalized spacial score (nSPS) is 16.2. The highest BCUT2D eigenvalue weighted by atomic mass is 19.1. The topological polar surface area (TPSA) is 81.5 Å². The third kappa shape index (κ3) is 5.54. The lowest BCUT2D eigenvalue weighted by atomic mass is 9.95. The minimum absolute atomic E-state index is 0.0111. The predicted octanol–water partition coefficient (Wildman–Crippen LogP) is 5.03. The third-order valence-corrected chi connectivity index (χ3v) is 7.53. The van der Waals surface area contributed by atoms with Gasteiger partial charge in [0.15, 0.2) is 5.82 Å². The Balaban J connectivity index is 1.25. The number of benzene rings is 2. The van der Waals surface area contributed by atoms with Crippen LogP contribution in [0.2, 0.25) is 0 Å². The molecule has 1 fully saturated rings. The molecule has 6 rings (SSSR count). The van der Waals surface area contributed by atoms with Crippen LogP contribution in [0.4, 0.5) is 10.2 Å². The van der Waals surface area contributed by atoms with Crippen molar-refractivity contribution >= 4 is 5.82 Å². The second-order valence-corrected chi connectivity index (χ2v) is 11.7. The summed E-state index contributed by atoms with van der Waals surface area (Å²) in [7, 11) is 1.60. The number of hydrogen-bond acceptors (Lipinski definition) is 7. The molecule has 9 heteroatoms. The van der Waals surface area contributed by atoms with Crippen LogP contribution in [-0.4, -0.2) is 46.5 Å². The van der Waals surface area contributed by atoms with E-state index in [1.54, 1.807) is 13.2 Å². The molecular formula is C32H34FN5O3. The number of halogens is 1. The number of nitrogens with zero attached hydrogens (tertiary/aromatic N) is 4. The van der Waals surface area contributed by atoms with Gasteiger partial charge in [0, 0.05) is 30.2 Å². The molecule has 8 nitrogen and oxygen atoms in total. The van der Waals surface area contributed by atoms with Gasteiger partial charge in [-0.1, -0.05) is 24.3 Å². The molecule has 1 N–H and O–H groups in total. The van der Waals surface area contributed by atoms with Crippen molar-refractivity contribution in [2.45, 2.75) is 51.9 Å². The minimum Gasteiger partial charge on any atom is -0.497 e. The number of anilines is 1. The lowest BCUT2D eigenvalue weighted by molar-refractivity contribution is 0.290. The Bertz CT molecular complexity index is 1650. The van der Waals surface area contributed by atoms with Crippen molar-refractivity contribution in [3.05, 3.63) is 88.1 Å². The molecular weight excluding hydrogens is 521 g/mol. The first-order valence-electron chi connectivity index (χ1n) is 13.9. The quantitative estimate of drug-likeness (QED) is 0.358. The average molecular weight is 556 g/mol. The third-order valence-electron chi connectivity index (χ3n) is 7.53. The summed E-state index contributed by atoms with van der Waals surface area (Å²) in [5.41, 5.74) is 3.64. The van der Waals surface area contributed by atoms with Crippen LogP contribution in [0.15, 0.2) is 65.6 Å². The van der Waals surface area contributed by atoms with E-state index in [0.29, 0.717) is 17.5 Å². The molecule has 41 heavy (non-hydrogen) atoms. The van der Waals surface area contributed by atoms with Crippen molar-refractivity contribution in [1.29, 1.82) is 0 Å². The van der Waals surface area contributed by atoms with Gasteiger partial charge in [0.2, 0.25) is 5.88 Å². The van der Waals surface area contributed by atoms with E-state index >= 15 is 0 Å². The lowest BCUT2D eigenvalue weighted by Gasteiger charge is -2.26. The van der Waals surface area contributed by atoms with E-state index < -0.39 is 11.4 Å². The summed E-state index contributed by atoms with van der Waals surface area (Å²) in [4.78, 5) is 20.5. The Labute approximate surface area is 238 Å². The van der Waals surface area contributed by atoms with E-state index in [9.17, 15) is 9.18 Å². The van der Waals surface area contributed by atoms with Gasteiger partial charge < -0.3 is 19.7 Å². The van der Waals surface area contributed by atoms with E-state index in [1.165, 1.54) is 4.68 Å². The summed E-state index contributed by atoms with van der Waals surface area (Å²) in [6, 6.07) is 17.4. The molecule has 2 aromatic carbocycles.